The van der Waals surface area contributed by atoms with E-state index in [1.165, 1.54) is 0 Å². The molecule has 0 saturated carbocycles. The zero-order chi connectivity index (χ0) is 15.2. The highest BCUT2D eigenvalue weighted by molar-refractivity contribution is 5.99. The summed E-state index contributed by atoms with van der Waals surface area (Å²) in [7, 11) is 1.80. The maximum Gasteiger partial charge on any atom is 0.317 e. The number of carbonyl (C=O) groups excluding carboxylic acids is 2. The van der Waals surface area contributed by atoms with Gasteiger partial charge in [-0.05, 0) is 19.1 Å². The molecule has 3 amide bonds. The van der Waals surface area contributed by atoms with Crippen molar-refractivity contribution < 1.29 is 9.59 Å². The first kappa shape index (κ1) is 15.2. The minimum absolute atomic E-state index is 0.00972. The molecule has 1 heterocycles. The van der Waals surface area contributed by atoms with Gasteiger partial charge in [0.05, 0.1) is 5.56 Å². The Morgan fingerprint density at radius 3 is 2.33 bits per heavy atom. The molecule has 0 aromatic heterocycles. The molecule has 6 heteroatoms. The van der Waals surface area contributed by atoms with E-state index in [9.17, 15) is 9.59 Å². The smallest absolute Gasteiger partial charge is 0.317 e. The van der Waals surface area contributed by atoms with E-state index in [0.717, 1.165) is 5.69 Å². The molecule has 0 unspecified atom stereocenters. The van der Waals surface area contributed by atoms with Crippen molar-refractivity contribution in [3.63, 3.8) is 0 Å². The van der Waals surface area contributed by atoms with Gasteiger partial charge in [0.25, 0.3) is 5.91 Å². The van der Waals surface area contributed by atoms with Crippen molar-refractivity contribution in [2.45, 2.75) is 6.92 Å². The molecule has 1 fully saturated rings. The number of nitrogens with zero attached hydrogens (tertiary/aromatic N) is 2. The van der Waals surface area contributed by atoms with E-state index in [-0.39, 0.29) is 11.9 Å². The van der Waals surface area contributed by atoms with Gasteiger partial charge in [-0.1, -0.05) is 12.1 Å². The van der Waals surface area contributed by atoms with Crippen LogP contribution in [-0.4, -0.2) is 61.5 Å². The number of urea groups is 1. The average Bonchev–Trinajstić information content (AvgIpc) is 2.54. The van der Waals surface area contributed by atoms with Gasteiger partial charge in [0.1, 0.15) is 0 Å². The van der Waals surface area contributed by atoms with Crippen LogP contribution in [0.2, 0.25) is 0 Å². The second kappa shape index (κ2) is 6.97. The van der Waals surface area contributed by atoms with Gasteiger partial charge in [-0.2, -0.15) is 0 Å². The molecule has 0 spiro atoms. The largest absolute Gasteiger partial charge is 0.387 e. The van der Waals surface area contributed by atoms with Gasteiger partial charge in [-0.25, -0.2) is 4.79 Å². The number of para-hydroxylation sites is 1. The van der Waals surface area contributed by atoms with E-state index in [0.29, 0.717) is 38.3 Å². The zero-order valence-corrected chi connectivity index (χ0v) is 12.6. The molecule has 1 aliphatic heterocycles. The third-order valence-electron chi connectivity index (χ3n) is 3.61. The number of nitrogens with one attached hydrogen (secondary N) is 2. The van der Waals surface area contributed by atoms with Gasteiger partial charge in [0, 0.05) is 45.5 Å². The maximum absolute atomic E-state index is 12.5. The van der Waals surface area contributed by atoms with Crippen molar-refractivity contribution in [3.8, 4) is 0 Å². The molecule has 6 nitrogen and oxygen atoms in total. The lowest BCUT2D eigenvalue weighted by Crippen LogP contribution is -2.53. The average molecular weight is 290 g/mol. The second-order valence-corrected chi connectivity index (χ2v) is 4.91. The first-order valence-electron chi connectivity index (χ1n) is 7.26. The van der Waals surface area contributed by atoms with Crippen molar-refractivity contribution in [2.24, 2.45) is 0 Å². The maximum atomic E-state index is 12.5. The summed E-state index contributed by atoms with van der Waals surface area (Å²) in [6.07, 6.45) is 0. The SMILES string of the molecule is CCNC(=O)N1CCN(C(=O)c2ccccc2NC)CC1. The van der Waals surface area contributed by atoms with E-state index in [2.05, 4.69) is 10.6 Å². The van der Waals surface area contributed by atoms with Crippen molar-refractivity contribution in [1.29, 1.82) is 0 Å². The topological polar surface area (TPSA) is 64.7 Å². The third kappa shape index (κ3) is 3.45. The lowest BCUT2D eigenvalue weighted by molar-refractivity contribution is 0.0666. The number of hydrogen-bond donors (Lipinski definition) is 2. The lowest BCUT2D eigenvalue weighted by Gasteiger charge is -2.35. The highest BCUT2D eigenvalue weighted by Crippen LogP contribution is 2.17. The Kier molecular flexibility index (Phi) is 5.03. The second-order valence-electron chi connectivity index (χ2n) is 4.91. The first-order valence-corrected chi connectivity index (χ1v) is 7.26. The molecule has 2 N–H and O–H groups in total. The summed E-state index contributed by atoms with van der Waals surface area (Å²) in [6.45, 7) is 4.78. The van der Waals surface area contributed by atoms with E-state index in [4.69, 9.17) is 0 Å². The third-order valence-corrected chi connectivity index (χ3v) is 3.61. The summed E-state index contributed by atoms with van der Waals surface area (Å²) in [4.78, 5) is 27.8. The summed E-state index contributed by atoms with van der Waals surface area (Å²) < 4.78 is 0. The molecule has 1 aliphatic rings. The fourth-order valence-corrected chi connectivity index (χ4v) is 2.43. The quantitative estimate of drug-likeness (QED) is 0.879. The minimum Gasteiger partial charge on any atom is -0.387 e. The molecule has 0 bridgehead atoms. The van der Waals surface area contributed by atoms with E-state index >= 15 is 0 Å². The number of amides is 3. The van der Waals surface area contributed by atoms with Gasteiger partial charge in [-0.3, -0.25) is 4.79 Å². The number of rotatable bonds is 3. The Labute approximate surface area is 125 Å². The van der Waals surface area contributed by atoms with E-state index in [1.54, 1.807) is 16.8 Å². The van der Waals surface area contributed by atoms with Crippen LogP contribution in [0.3, 0.4) is 0 Å². The highest BCUT2D eigenvalue weighted by Gasteiger charge is 2.25. The monoisotopic (exact) mass is 290 g/mol. The molecular formula is C15H22N4O2. The van der Waals surface area contributed by atoms with Crippen LogP contribution in [0.4, 0.5) is 10.5 Å². The fraction of sp³-hybridized carbons (Fsp3) is 0.467. The van der Waals surface area contributed by atoms with Gasteiger partial charge in [0.15, 0.2) is 0 Å². The molecule has 0 atom stereocenters. The minimum atomic E-state index is -0.0553. The van der Waals surface area contributed by atoms with Gasteiger partial charge < -0.3 is 20.4 Å². The fourth-order valence-electron chi connectivity index (χ4n) is 2.43. The number of benzene rings is 1. The van der Waals surface area contributed by atoms with E-state index < -0.39 is 0 Å². The molecular weight excluding hydrogens is 268 g/mol. The van der Waals surface area contributed by atoms with Crippen LogP contribution >= 0.6 is 0 Å². The van der Waals surface area contributed by atoms with Gasteiger partial charge in [-0.15, -0.1) is 0 Å². The number of carbonyl (C=O) groups is 2. The van der Waals surface area contributed by atoms with Crippen LogP contribution < -0.4 is 10.6 Å². The number of anilines is 1. The Bertz CT molecular complexity index is 510. The van der Waals surface area contributed by atoms with E-state index in [1.807, 2.05) is 31.2 Å². The van der Waals surface area contributed by atoms with Crippen molar-refractivity contribution >= 4 is 17.6 Å². The van der Waals surface area contributed by atoms with Gasteiger partial charge >= 0.3 is 6.03 Å². The van der Waals surface area contributed by atoms with Crippen LogP contribution in [0.15, 0.2) is 24.3 Å². The molecule has 1 aromatic carbocycles. The zero-order valence-electron chi connectivity index (χ0n) is 12.6. The predicted molar refractivity (Wildman–Crippen MR) is 82.5 cm³/mol. The molecule has 21 heavy (non-hydrogen) atoms. The Hall–Kier alpha value is -2.24. The lowest BCUT2D eigenvalue weighted by atomic mass is 10.1. The normalized spacial score (nSPS) is 14.8. The Morgan fingerprint density at radius 1 is 1.10 bits per heavy atom. The van der Waals surface area contributed by atoms with Crippen LogP contribution in [0.1, 0.15) is 17.3 Å². The Balaban J connectivity index is 1.99. The van der Waals surface area contributed by atoms with Crippen molar-refractivity contribution in [1.82, 2.24) is 15.1 Å². The molecule has 1 saturated heterocycles. The molecule has 0 radical (unpaired) electrons. The summed E-state index contributed by atoms with van der Waals surface area (Å²) in [5.41, 5.74) is 1.50. The molecule has 1 aromatic rings. The molecule has 2 rings (SSSR count). The number of piperazine rings is 1. The first-order chi connectivity index (χ1) is 10.2. The molecule has 114 valence electrons. The van der Waals surface area contributed by atoms with Crippen LogP contribution in [-0.2, 0) is 0 Å². The number of hydrogen-bond acceptors (Lipinski definition) is 3. The van der Waals surface area contributed by atoms with Crippen LogP contribution in [0.25, 0.3) is 0 Å². The van der Waals surface area contributed by atoms with Crippen LogP contribution in [0, 0.1) is 0 Å². The van der Waals surface area contributed by atoms with Crippen molar-refractivity contribution in [3.05, 3.63) is 29.8 Å². The highest BCUT2D eigenvalue weighted by atomic mass is 16.2. The molecule has 0 aliphatic carbocycles. The summed E-state index contributed by atoms with van der Waals surface area (Å²) in [5.74, 6) is 0.00972. The van der Waals surface area contributed by atoms with Crippen LogP contribution in [0.5, 0.6) is 0 Å². The predicted octanol–water partition coefficient (Wildman–Crippen LogP) is 1.22. The van der Waals surface area contributed by atoms with Crippen molar-refractivity contribution in [2.75, 3.05) is 45.1 Å². The summed E-state index contributed by atoms with van der Waals surface area (Å²) >= 11 is 0. The Morgan fingerprint density at radius 2 is 1.71 bits per heavy atom. The summed E-state index contributed by atoms with van der Waals surface area (Å²) in [5, 5.41) is 5.82. The summed E-state index contributed by atoms with van der Waals surface area (Å²) in [6, 6.07) is 7.41. The standard InChI is InChI=1S/C15H22N4O2/c1-3-17-15(21)19-10-8-18(9-11-19)14(20)12-6-4-5-7-13(12)16-2/h4-7,16H,3,8-11H2,1-2H3,(H,17,21). The van der Waals surface area contributed by atoms with Gasteiger partial charge in [0.2, 0.25) is 0 Å².